The number of nitrogens with two attached hydrogens (primary N) is 1. The molecule has 4 heteroatoms. The summed E-state index contributed by atoms with van der Waals surface area (Å²) in [5, 5.41) is 1.14. The van der Waals surface area contributed by atoms with E-state index in [2.05, 4.69) is 0 Å². The molecular weight excluding hydrogens is 221 g/mol. The van der Waals surface area contributed by atoms with Crippen LogP contribution in [0.15, 0.2) is 18.2 Å². The van der Waals surface area contributed by atoms with Crippen LogP contribution in [0.2, 0.25) is 10.0 Å². The van der Waals surface area contributed by atoms with Crippen LogP contribution in [0.25, 0.3) is 0 Å². The molecule has 76 valence electrons. The van der Waals surface area contributed by atoms with Crippen molar-refractivity contribution < 1.29 is 4.74 Å². The lowest BCUT2D eigenvalue weighted by Crippen LogP contribution is -2.29. The normalized spacial score (nSPS) is 17.9. The summed E-state index contributed by atoms with van der Waals surface area (Å²) in [7, 11) is 0. The zero-order valence-electron chi connectivity index (χ0n) is 7.59. The van der Waals surface area contributed by atoms with Gasteiger partial charge in [0.2, 0.25) is 0 Å². The van der Waals surface area contributed by atoms with Crippen LogP contribution in [0, 0.1) is 0 Å². The Morgan fingerprint density at radius 2 is 2.07 bits per heavy atom. The third-order valence-corrected chi connectivity index (χ3v) is 2.83. The van der Waals surface area contributed by atoms with E-state index in [-0.39, 0.29) is 5.54 Å². The number of rotatable bonds is 3. The second-order valence-electron chi connectivity index (χ2n) is 3.73. The summed E-state index contributed by atoms with van der Waals surface area (Å²) in [6, 6.07) is 5.17. The van der Waals surface area contributed by atoms with Gasteiger partial charge in [-0.15, -0.1) is 0 Å². The summed E-state index contributed by atoms with van der Waals surface area (Å²) in [6.45, 7) is 0.522. The van der Waals surface area contributed by atoms with E-state index < -0.39 is 0 Å². The van der Waals surface area contributed by atoms with Gasteiger partial charge in [-0.1, -0.05) is 23.2 Å². The van der Waals surface area contributed by atoms with E-state index in [0.29, 0.717) is 22.4 Å². The lowest BCUT2D eigenvalue weighted by atomic mass is 10.3. The molecule has 1 aliphatic carbocycles. The molecule has 0 unspecified atom stereocenters. The van der Waals surface area contributed by atoms with Gasteiger partial charge in [0.1, 0.15) is 12.4 Å². The van der Waals surface area contributed by atoms with Crippen LogP contribution in [0.4, 0.5) is 0 Å². The molecule has 1 fully saturated rings. The summed E-state index contributed by atoms with van der Waals surface area (Å²) in [4.78, 5) is 0. The summed E-state index contributed by atoms with van der Waals surface area (Å²) < 4.78 is 5.50. The topological polar surface area (TPSA) is 35.2 Å². The second kappa shape index (κ2) is 3.61. The minimum absolute atomic E-state index is 0.122. The average molecular weight is 232 g/mol. The first-order valence-corrected chi connectivity index (χ1v) is 5.21. The van der Waals surface area contributed by atoms with Crippen molar-refractivity contribution in [2.75, 3.05) is 6.61 Å². The molecule has 0 atom stereocenters. The monoisotopic (exact) mass is 231 g/mol. The first-order valence-electron chi connectivity index (χ1n) is 4.46. The van der Waals surface area contributed by atoms with Crippen LogP contribution in [0.3, 0.4) is 0 Å². The maximum atomic E-state index is 5.93. The van der Waals surface area contributed by atoms with Crippen LogP contribution >= 0.6 is 23.2 Å². The molecule has 1 saturated carbocycles. The molecule has 1 aromatic rings. The standard InChI is InChI=1S/C10H11Cl2NO/c11-7-1-2-9(8(12)5-7)14-6-10(13)3-4-10/h1-2,5H,3-4,6,13H2. The minimum Gasteiger partial charge on any atom is -0.490 e. The van der Waals surface area contributed by atoms with Gasteiger partial charge in [0.25, 0.3) is 0 Å². The van der Waals surface area contributed by atoms with Crippen molar-refractivity contribution in [3.05, 3.63) is 28.2 Å². The van der Waals surface area contributed by atoms with E-state index >= 15 is 0 Å². The highest BCUT2D eigenvalue weighted by molar-refractivity contribution is 6.35. The summed E-state index contributed by atoms with van der Waals surface area (Å²) in [5.41, 5.74) is 5.76. The molecule has 0 amide bonds. The van der Waals surface area contributed by atoms with Crippen LogP contribution in [-0.2, 0) is 0 Å². The molecule has 2 rings (SSSR count). The average Bonchev–Trinajstić information content (AvgIpc) is 2.83. The minimum atomic E-state index is -0.122. The quantitative estimate of drug-likeness (QED) is 0.869. The van der Waals surface area contributed by atoms with Crippen LogP contribution in [0.1, 0.15) is 12.8 Å². The molecule has 0 radical (unpaired) electrons. The molecule has 0 aromatic heterocycles. The fourth-order valence-corrected chi connectivity index (χ4v) is 1.58. The van der Waals surface area contributed by atoms with Gasteiger partial charge >= 0.3 is 0 Å². The third-order valence-electron chi connectivity index (χ3n) is 2.30. The van der Waals surface area contributed by atoms with E-state index in [1.807, 2.05) is 0 Å². The Labute approximate surface area is 92.9 Å². The van der Waals surface area contributed by atoms with E-state index in [0.717, 1.165) is 12.8 Å². The lowest BCUT2D eigenvalue weighted by Gasteiger charge is -2.12. The number of ether oxygens (including phenoxy) is 1. The second-order valence-corrected chi connectivity index (χ2v) is 4.57. The fourth-order valence-electron chi connectivity index (χ4n) is 1.12. The highest BCUT2D eigenvalue weighted by Gasteiger charge is 2.39. The zero-order valence-corrected chi connectivity index (χ0v) is 9.11. The number of benzene rings is 1. The number of hydrogen-bond acceptors (Lipinski definition) is 2. The van der Waals surface area contributed by atoms with Gasteiger partial charge in [-0.2, -0.15) is 0 Å². The van der Waals surface area contributed by atoms with Crippen molar-refractivity contribution >= 4 is 23.2 Å². The van der Waals surface area contributed by atoms with Crippen molar-refractivity contribution in [2.45, 2.75) is 18.4 Å². The fraction of sp³-hybridized carbons (Fsp3) is 0.400. The maximum Gasteiger partial charge on any atom is 0.138 e. The van der Waals surface area contributed by atoms with Gasteiger partial charge in [0, 0.05) is 5.02 Å². The van der Waals surface area contributed by atoms with Gasteiger partial charge < -0.3 is 10.5 Å². The first-order chi connectivity index (χ1) is 6.59. The molecule has 1 aliphatic rings. The number of hydrogen-bond donors (Lipinski definition) is 1. The molecule has 1 aromatic carbocycles. The molecule has 14 heavy (non-hydrogen) atoms. The largest absolute Gasteiger partial charge is 0.490 e. The van der Waals surface area contributed by atoms with Crippen molar-refractivity contribution in [1.82, 2.24) is 0 Å². The van der Waals surface area contributed by atoms with Crippen molar-refractivity contribution in [1.29, 1.82) is 0 Å². The molecule has 2 N–H and O–H groups in total. The molecule has 0 spiro atoms. The Hall–Kier alpha value is -0.440. The van der Waals surface area contributed by atoms with Crippen LogP contribution in [0.5, 0.6) is 5.75 Å². The van der Waals surface area contributed by atoms with Crippen LogP contribution < -0.4 is 10.5 Å². The molecule has 2 nitrogen and oxygen atoms in total. The van der Waals surface area contributed by atoms with Crippen molar-refractivity contribution in [3.8, 4) is 5.75 Å². The van der Waals surface area contributed by atoms with E-state index in [1.165, 1.54) is 0 Å². The number of halogens is 2. The predicted octanol–water partition coefficient (Wildman–Crippen LogP) is 2.86. The third kappa shape index (κ3) is 2.32. The SMILES string of the molecule is NC1(COc2ccc(Cl)cc2Cl)CC1. The van der Waals surface area contributed by atoms with Crippen LogP contribution in [-0.4, -0.2) is 12.1 Å². The van der Waals surface area contributed by atoms with Gasteiger partial charge in [-0.3, -0.25) is 0 Å². The predicted molar refractivity (Wildman–Crippen MR) is 58.1 cm³/mol. The molecule has 0 bridgehead atoms. The molecule has 0 aliphatic heterocycles. The highest BCUT2D eigenvalue weighted by atomic mass is 35.5. The van der Waals surface area contributed by atoms with Gasteiger partial charge in [0.15, 0.2) is 0 Å². The summed E-state index contributed by atoms with van der Waals surface area (Å²) in [6.07, 6.45) is 2.05. The Bertz CT molecular complexity index is 350. The van der Waals surface area contributed by atoms with Crippen molar-refractivity contribution in [2.24, 2.45) is 5.73 Å². The Morgan fingerprint density at radius 3 is 2.64 bits per heavy atom. The van der Waals surface area contributed by atoms with E-state index in [9.17, 15) is 0 Å². The molecule has 0 heterocycles. The van der Waals surface area contributed by atoms with E-state index in [1.54, 1.807) is 18.2 Å². The maximum absolute atomic E-state index is 5.93. The highest BCUT2D eigenvalue weighted by Crippen LogP contribution is 2.34. The van der Waals surface area contributed by atoms with E-state index in [4.69, 9.17) is 33.7 Å². The summed E-state index contributed by atoms with van der Waals surface area (Å²) in [5.74, 6) is 0.646. The Kier molecular flexibility index (Phi) is 2.60. The molecule has 0 saturated heterocycles. The van der Waals surface area contributed by atoms with Gasteiger partial charge in [-0.25, -0.2) is 0 Å². The van der Waals surface area contributed by atoms with Gasteiger partial charge in [0.05, 0.1) is 10.6 Å². The lowest BCUT2D eigenvalue weighted by molar-refractivity contribution is 0.279. The Balaban J connectivity index is 2.02. The smallest absolute Gasteiger partial charge is 0.138 e. The zero-order chi connectivity index (χ0) is 10.2. The first kappa shape index (κ1) is 10.1. The summed E-state index contributed by atoms with van der Waals surface area (Å²) >= 11 is 11.7. The Morgan fingerprint density at radius 1 is 1.36 bits per heavy atom. The van der Waals surface area contributed by atoms with Crippen molar-refractivity contribution in [3.63, 3.8) is 0 Å². The molecular formula is C10H11Cl2NO. The van der Waals surface area contributed by atoms with Gasteiger partial charge in [-0.05, 0) is 31.0 Å².